The Morgan fingerprint density at radius 3 is 2.45 bits per heavy atom. The van der Waals surface area contributed by atoms with Gasteiger partial charge in [0.05, 0.1) is 7.11 Å². The fourth-order valence-corrected chi connectivity index (χ4v) is 3.03. The monoisotopic (exact) mass is 276 g/mol. The van der Waals surface area contributed by atoms with Crippen molar-refractivity contribution in [2.24, 2.45) is 0 Å². The van der Waals surface area contributed by atoms with Crippen molar-refractivity contribution in [1.29, 1.82) is 0 Å². The molecule has 1 aliphatic rings. The molecule has 0 heterocycles. The number of hydrogen-bond donors (Lipinski definition) is 0. The summed E-state index contributed by atoms with van der Waals surface area (Å²) in [7, 11) is 3.32. The number of benzene rings is 1. The second kappa shape index (κ2) is 6.89. The maximum atomic E-state index is 12.7. The van der Waals surface area contributed by atoms with E-state index < -0.39 is 5.60 Å². The largest absolute Gasteiger partial charge is 0.497 e. The number of hydrogen-bond acceptors (Lipinski definition) is 3. The lowest BCUT2D eigenvalue weighted by molar-refractivity contribution is -0.142. The van der Waals surface area contributed by atoms with Gasteiger partial charge in [0.15, 0.2) is 5.78 Å². The lowest BCUT2D eigenvalue weighted by atomic mass is 9.86. The number of ketones is 1. The van der Waals surface area contributed by atoms with Crippen LogP contribution in [0.25, 0.3) is 0 Å². The van der Waals surface area contributed by atoms with Gasteiger partial charge in [-0.05, 0) is 30.5 Å². The third-order valence-corrected chi connectivity index (χ3v) is 4.31. The molecule has 0 atom stereocenters. The molecule has 0 N–H and O–H groups in total. The van der Waals surface area contributed by atoms with Crippen LogP contribution in [-0.4, -0.2) is 25.6 Å². The second-order valence-corrected chi connectivity index (χ2v) is 5.56. The van der Waals surface area contributed by atoms with Crippen LogP contribution in [0.4, 0.5) is 0 Å². The number of carbonyl (C=O) groups excluding carboxylic acids is 1. The van der Waals surface area contributed by atoms with Gasteiger partial charge >= 0.3 is 0 Å². The van der Waals surface area contributed by atoms with Crippen molar-refractivity contribution in [3.05, 3.63) is 29.8 Å². The molecule has 2 rings (SSSR count). The smallest absolute Gasteiger partial charge is 0.168 e. The first kappa shape index (κ1) is 15.0. The van der Waals surface area contributed by atoms with Crippen LogP contribution in [0.3, 0.4) is 0 Å². The molecule has 1 aliphatic carbocycles. The Balaban J connectivity index is 2.11. The van der Waals surface area contributed by atoms with Crippen molar-refractivity contribution in [1.82, 2.24) is 0 Å². The third-order valence-electron chi connectivity index (χ3n) is 4.31. The predicted molar refractivity (Wildman–Crippen MR) is 79.1 cm³/mol. The topological polar surface area (TPSA) is 35.5 Å². The highest BCUT2D eigenvalue weighted by molar-refractivity contribution is 5.89. The summed E-state index contributed by atoms with van der Waals surface area (Å²) in [5, 5.41) is 0. The maximum Gasteiger partial charge on any atom is 0.168 e. The predicted octanol–water partition coefficient (Wildman–Crippen LogP) is 3.55. The Bertz CT molecular complexity index is 445. The van der Waals surface area contributed by atoms with Crippen LogP contribution in [-0.2, 0) is 16.0 Å². The lowest BCUT2D eigenvalue weighted by Crippen LogP contribution is -2.41. The van der Waals surface area contributed by atoms with Gasteiger partial charge in [0.2, 0.25) is 0 Å². The fourth-order valence-electron chi connectivity index (χ4n) is 3.03. The minimum Gasteiger partial charge on any atom is -0.497 e. The van der Waals surface area contributed by atoms with Crippen molar-refractivity contribution in [3.63, 3.8) is 0 Å². The van der Waals surface area contributed by atoms with Gasteiger partial charge in [0, 0.05) is 13.5 Å². The summed E-state index contributed by atoms with van der Waals surface area (Å²) in [6.07, 6.45) is 6.70. The first-order valence-corrected chi connectivity index (χ1v) is 7.41. The van der Waals surface area contributed by atoms with E-state index in [4.69, 9.17) is 9.47 Å². The van der Waals surface area contributed by atoms with Gasteiger partial charge in [-0.1, -0.05) is 37.8 Å². The standard InChI is InChI=1S/C17H24O3/c1-19-15-9-7-8-14(12-15)13-16(18)17(20-2)10-5-3-4-6-11-17/h7-9,12H,3-6,10-11,13H2,1-2H3. The molecule has 110 valence electrons. The van der Waals surface area contributed by atoms with Crippen molar-refractivity contribution in [2.75, 3.05) is 14.2 Å². The van der Waals surface area contributed by atoms with Crippen molar-refractivity contribution in [2.45, 2.75) is 50.5 Å². The molecule has 0 spiro atoms. The quantitative estimate of drug-likeness (QED) is 0.772. The van der Waals surface area contributed by atoms with E-state index in [1.807, 2.05) is 24.3 Å². The molecule has 0 aliphatic heterocycles. The van der Waals surface area contributed by atoms with Crippen LogP contribution < -0.4 is 4.74 Å². The molecule has 0 radical (unpaired) electrons. The molecule has 0 aromatic heterocycles. The summed E-state index contributed by atoms with van der Waals surface area (Å²) in [6.45, 7) is 0. The number of Topliss-reactive ketones (excluding diaryl/α,β-unsaturated/α-hetero) is 1. The Hall–Kier alpha value is -1.35. The molecule has 3 heteroatoms. The van der Waals surface area contributed by atoms with E-state index in [-0.39, 0.29) is 5.78 Å². The molecule has 20 heavy (non-hydrogen) atoms. The molecular weight excluding hydrogens is 252 g/mol. The van der Waals surface area contributed by atoms with E-state index in [1.54, 1.807) is 14.2 Å². The van der Waals surface area contributed by atoms with E-state index in [1.165, 1.54) is 12.8 Å². The molecule has 0 saturated heterocycles. The molecule has 1 aromatic rings. The Kier molecular flexibility index (Phi) is 5.18. The average Bonchev–Trinajstić information content (AvgIpc) is 2.74. The zero-order valence-electron chi connectivity index (χ0n) is 12.5. The summed E-state index contributed by atoms with van der Waals surface area (Å²) in [4.78, 5) is 12.7. The van der Waals surface area contributed by atoms with Gasteiger partial charge < -0.3 is 9.47 Å². The summed E-state index contributed by atoms with van der Waals surface area (Å²) >= 11 is 0. The molecule has 1 aromatic carbocycles. The van der Waals surface area contributed by atoms with Gasteiger partial charge in [0.1, 0.15) is 11.4 Å². The van der Waals surface area contributed by atoms with E-state index in [9.17, 15) is 4.79 Å². The Morgan fingerprint density at radius 1 is 1.15 bits per heavy atom. The fraction of sp³-hybridized carbons (Fsp3) is 0.588. The van der Waals surface area contributed by atoms with Crippen LogP contribution in [0.5, 0.6) is 5.75 Å². The van der Waals surface area contributed by atoms with Gasteiger partial charge in [-0.15, -0.1) is 0 Å². The molecule has 3 nitrogen and oxygen atoms in total. The second-order valence-electron chi connectivity index (χ2n) is 5.56. The highest BCUT2D eigenvalue weighted by Gasteiger charge is 2.37. The summed E-state index contributed by atoms with van der Waals surface area (Å²) in [5.74, 6) is 0.998. The molecule has 1 saturated carbocycles. The number of carbonyl (C=O) groups is 1. The lowest BCUT2D eigenvalue weighted by Gasteiger charge is -2.29. The first-order chi connectivity index (χ1) is 9.70. The van der Waals surface area contributed by atoms with E-state index in [2.05, 4.69) is 0 Å². The molecule has 0 amide bonds. The molecule has 0 unspecified atom stereocenters. The maximum absolute atomic E-state index is 12.7. The van der Waals surface area contributed by atoms with Crippen LogP contribution in [0.15, 0.2) is 24.3 Å². The third kappa shape index (κ3) is 3.40. The van der Waals surface area contributed by atoms with E-state index >= 15 is 0 Å². The summed E-state index contributed by atoms with van der Waals surface area (Å²) < 4.78 is 10.9. The number of rotatable bonds is 5. The average molecular weight is 276 g/mol. The molecular formula is C17H24O3. The Labute approximate surface area is 121 Å². The first-order valence-electron chi connectivity index (χ1n) is 7.41. The van der Waals surface area contributed by atoms with E-state index in [0.29, 0.717) is 6.42 Å². The highest BCUT2D eigenvalue weighted by Crippen LogP contribution is 2.32. The zero-order valence-corrected chi connectivity index (χ0v) is 12.5. The molecule has 0 bridgehead atoms. The SMILES string of the molecule is COc1cccc(CC(=O)C2(OC)CCCCCC2)c1. The van der Waals surface area contributed by atoms with Crippen molar-refractivity contribution in [3.8, 4) is 5.75 Å². The number of ether oxygens (including phenoxy) is 2. The van der Waals surface area contributed by atoms with Gasteiger partial charge in [0.25, 0.3) is 0 Å². The number of methoxy groups -OCH3 is 2. The zero-order chi connectivity index (χ0) is 14.4. The van der Waals surface area contributed by atoms with Gasteiger partial charge in [-0.25, -0.2) is 0 Å². The normalized spacial score (nSPS) is 18.3. The van der Waals surface area contributed by atoms with Crippen molar-refractivity contribution >= 4 is 5.78 Å². The summed E-state index contributed by atoms with van der Waals surface area (Å²) in [5.41, 5.74) is 0.426. The minimum absolute atomic E-state index is 0.204. The van der Waals surface area contributed by atoms with Gasteiger partial charge in [-0.3, -0.25) is 4.79 Å². The Morgan fingerprint density at radius 2 is 1.85 bits per heavy atom. The summed E-state index contributed by atoms with van der Waals surface area (Å²) in [6, 6.07) is 7.72. The minimum atomic E-state index is -0.570. The van der Waals surface area contributed by atoms with Crippen LogP contribution in [0.2, 0.25) is 0 Å². The van der Waals surface area contributed by atoms with E-state index in [0.717, 1.165) is 37.0 Å². The van der Waals surface area contributed by atoms with Crippen LogP contribution >= 0.6 is 0 Å². The molecule has 1 fully saturated rings. The van der Waals surface area contributed by atoms with Crippen molar-refractivity contribution < 1.29 is 14.3 Å². The highest BCUT2D eigenvalue weighted by atomic mass is 16.5. The van der Waals surface area contributed by atoms with Crippen LogP contribution in [0, 0.1) is 0 Å². The van der Waals surface area contributed by atoms with Crippen LogP contribution in [0.1, 0.15) is 44.1 Å². The van der Waals surface area contributed by atoms with Gasteiger partial charge in [-0.2, -0.15) is 0 Å².